The molecule has 1 aliphatic carbocycles. The number of hydrogen-bond donors (Lipinski definition) is 2. The van der Waals surface area contributed by atoms with Crippen molar-refractivity contribution in [3.05, 3.63) is 47.7 Å². The van der Waals surface area contributed by atoms with Crippen LogP contribution in [0, 0.1) is 0 Å². The fourth-order valence-electron chi connectivity index (χ4n) is 1.82. The smallest absolute Gasteiger partial charge is 0.382 e. The number of likely N-dealkylation sites (N-methyl/N-ethyl adjacent to an activating group) is 1. The number of aliphatic imine (C=N–C) groups is 2. The molecule has 0 aromatic heterocycles. The molecule has 1 saturated heterocycles. The molecular weight excluding hydrogens is 248 g/mol. The summed E-state index contributed by atoms with van der Waals surface area (Å²) in [6.07, 6.45) is 8.81. The van der Waals surface area contributed by atoms with Gasteiger partial charge in [0.1, 0.15) is 0 Å². The molecular formula is C12H10N4O3. The summed E-state index contributed by atoms with van der Waals surface area (Å²) in [5.41, 5.74) is 4.56. The monoisotopic (exact) mass is 258 g/mol. The lowest BCUT2D eigenvalue weighted by molar-refractivity contribution is -0.142. The molecule has 0 aromatic rings. The SMILES string of the molecule is CN1NOC(=O)/C1=C(O)\N=C1/C=CC2=NC=CC2=C1. The molecule has 0 bridgehead atoms. The Kier molecular flexibility index (Phi) is 2.53. The molecule has 0 aromatic carbocycles. The predicted octanol–water partition coefficient (Wildman–Crippen LogP) is 0.527. The summed E-state index contributed by atoms with van der Waals surface area (Å²) >= 11 is 0. The number of carbonyl (C=O) groups is 1. The topological polar surface area (TPSA) is 86.5 Å². The molecule has 0 unspecified atom stereocenters. The molecule has 1 fully saturated rings. The van der Waals surface area contributed by atoms with Crippen molar-refractivity contribution in [2.24, 2.45) is 9.98 Å². The maximum atomic E-state index is 11.4. The minimum Gasteiger partial charge on any atom is -0.492 e. The molecule has 7 heteroatoms. The van der Waals surface area contributed by atoms with E-state index < -0.39 is 11.9 Å². The highest BCUT2D eigenvalue weighted by Crippen LogP contribution is 2.17. The maximum Gasteiger partial charge on any atom is 0.382 e. The molecule has 2 N–H and O–H groups in total. The summed E-state index contributed by atoms with van der Waals surface area (Å²) in [6.45, 7) is 0. The first kappa shape index (κ1) is 11.4. The van der Waals surface area contributed by atoms with Crippen LogP contribution in [0.1, 0.15) is 0 Å². The van der Waals surface area contributed by atoms with Crippen molar-refractivity contribution in [3.63, 3.8) is 0 Å². The van der Waals surface area contributed by atoms with E-state index >= 15 is 0 Å². The van der Waals surface area contributed by atoms with Gasteiger partial charge in [-0.2, -0.15) is 0 Å². The zero-order valence-electron chi connectivity index (χ0n) is 9.99. The molecule has 2 heterocycles. The van der Waals surface area contributed by atoms with E-state index in [0.29, 0.717) is 5.71 Å². The van der Waals surface area contributed by atoms with Crippen molar-refractivity contribution in [1.82, 2.24) is 10.6 Å². The molecule has 96 valence electrons. The number of aliphatic hydroxyl groups is 1. The van der Waals surface area contributed by atoms with Gasteiger partial charge in [-0.15, -0.1) is 0 Å². The van der Waals surface area contributed by atoms with E-state index in [-0.39, 0.29) is 5.70 Å². The summed E-state index contributed by atoms with van der Waals surface area (Å²) in [6, 6.07) is 0. The highest BCUT2D eigenvalue weighted by molar-refractivity contribution is 6.23. The van der Waals surface area contributed by atoms with Gasteiger partial charge < -0.3 is 9.94 Å². The Balaban J connectivity index is 1.95. The number of hydrogen-bond acceptors (Lipinski definition) is 7. The van der Waals surface area contributed by atoms with E-state index in [0.717, 1.165) is 11.3 Å². The Labute approximate surface area is 108 Å². The van der Waals surface area contributed by atoms with E-state index in [9.17, 15) is 9.90 Å². The van der Waals surface area contributed by atoms with E-state index in [1.165, 1.54) is 12.1 Å². The molecule has 3 rings (SSSR count). The number of nitrogens with one attached hydrogen (secondary N) is 1. The normalized spacial score (nSPS) is 25.4. The van der Waals surface area contributed by atoms with E-state index in [2.05, 4.69) is 20.4 Å². The third-order valence-electron chi connectivity index (χ3n) is 2.73. The average Bonchev–Trinajstić information content (AvgIpc) is 2.95. The lowest BCUT2D eigenvalue weighted by Crippen LogP contribution is -2.24. The van der Waals surface area contributed by atoms with Crippen molar-refractivity contribution in [1.29, 1.82) is 0 Å². The zero-order valence-corrected chi connectivity index (χ0v) is 9.99. The van der Waals surface area contributed by atoms with Gasteiger partial charge in [0.15, 0.2) is 0 Å². The van der Waals surface area contributed by atoms with Crippen LogP contribution in [0.15, 0.2) is 57.6 Å². The molecule has 7 nitrogen and oxygen atoms in total. The fourth-order valence-corrected chi connectivity index (χ4v) is 1.82. The highest BCUT2D eigenvalue weighted by Gasteiger charge is 2.29. The van der Waals surface area contributed by atoms with Gasteiger partial charge in [-0.05, 0) is 24.3 Å². The number of nitrogens with zero attached hydrogens (tertiary/aromatic N) is 3. The first-order valence-electron chi connectivity index (χ1n) is 5.52. The summed E-state index contributed by atoms with van der Waals surface area (Å²) in [4.78, 5) is 24.0. The standard InChI is InChI=1S/C12H10N4O3/c1-16-10(12(18)19-15-16)11(17)14-8-2-3-9-7(6-8)4-5-13-9/h2-6,15,17H,1H3/b11-10-,14-8+. The molecule has 19 heavy (non-hydrogen) atoms. The van der Waals surface area contributed by atoms with Crippen molar-refractivity contribution < 1.29 is 14.7 Å². The summed E-state index contributed by atoms with van der Waals surface area (Å²) in [5, 5.41) is 11.1. The van der Waals surface area contributed by atoms with Gasteiger partial charge in [0.2, 0.25) is 11.6 Å². The lowest BCUT2D eigenvalue weighted by Gasteiger charge is -2.08. The Morgan fingerprint density at radius 2 is 2.32 bits per heavy atom. The van der Waals surface area contributed by atoms with Crippen LogP contribution in [-0.4, -0.2) is 34.6 Å². The van der Waals surface area contributed by atoms with Crippen LogP contribution >= 0.6 is 0 Å². The minimum atomic E-state index is -0.681. The van der Waals surface area contributed by atoms with Crippen molar-refractivity contribution in [3.8, 4) is 0 Å². The molecule has 0 saturated carbocycles. The van der Waals surface area contributed by atoms with Crippen LogP contribution in [0.25, 0.3) is 0 Å². The number of carbonyl (C=O) groups excluding carboxylic acids is 1. The third kappa shape index (κ3) is 1.95. The highest BCUT2D eigenvalue weighted by atomic mass is 16.7. The lowest BCUT2D eigenvalue weighted by atomic mass is 10.0. The van der Waals surface area contributed by atoms with E-state index in [1.807, 2.05) is 6.08 Å². The first-order chi connectivity index (χ1) is 9.15. The van der Waals surface area contributed by atoms with Crippen LogP contribution in [0.4, 0.5) is 0 Å². The van der Waals surface area contributed by atoms with Gasteiger partial charge in [0.25, 0.3) is 0 Å². The average molecular weight is 258 g/mol. The van der Waals surface area contributed by atoms with E-state index in [4.69, 9.17) is 0 Å². The first-order valence-corrected chi connectivity index (χ1v) is 5.52. The third-order valence-corrected chi connectivity index (χ3v) is 2.73. The van der Waals surface area contributed by atoms with Gasteiger partial charge >= 0.3 is 5.97 Å². The number of hydrazine groups is 1. The largest absolute Gasteiger partial charge is 0.492 e. The Morgan fingerprint density at radius 3 is 3.05 bits per heavy atom. The Bertz CT molecular complexity index is 637. The fraction of sp³-hybridized carbons (Fsp3) is 0.0833. The second-order valence-electron chi connectivity index (χ2n) is 4.01. The molecule has 0 radical (unpaired) electrons. The van der Waals surface area contributed by atoms with Gasteiger partial charge in [-0.25, -0.2) is 9.79 Å². The van der Waals surface area contributed by atoms with Crippen molar-refractivity contribution >= 4 is 17.4 Å². The predicted molar refractivity (Wildman–Crippen MR) is 67.9 cm³/mol. The maximum absolute atomic E-state index is 11.4. The number of aliphatic hydroxyl groups excluding tert-OH is 1. The van der Waals surface area contributed by atoms with Crippen molar-refractivity contribution in [2.45, 2.75) is 0 Å². The summed E-state index contributed by atoms with van der Waals surface area (Å²) < 4.78 is 0. The van der Waals surface area contributed by atoms with E-state index in [1.54, 1.807) is 24.4 Å². The Hall–Kier alpha value is -2.67. The van der Waals surface area contributed by atoms with Crippen LogP contribution in [0.2, 0.25) is 0 Å². The molecule has 2 aliphatic heterocycles. The van der Waals surface area contributed by atoms with Gasteiger partial charge in [0, 0.05) is 18.8 Å². The Morgan fingerprint density at radius 1 is 1.47 bits per heavy atom. The van der Waals surface area contributed by atoms with Crippen molar-refractivity contribution in [2.75, 3.05) is 7.05 Å². The summed E-state index contributed by atoms with van der Waals surface area (Å²) in [7, 11) is 1.54. The number of rotatable bonds is 1. The summed E-state index contributed by atoms with van der Waals surface area (Å²) in [5.74, 6) is -1.09. The number of fused-ring (bicyclic) bond motifs is 1. The van der Waals surface area contributed by atoms with Gasteiger partial charge in [0.05, 0.1) is 11.4 Å². The molecule has 3 aliphatic rings. The second kappa shape index (κ2) is 4.21. The minimum absolute atomic E-state index is 0.0410. The van der Waals surface area contributed by atoms with Crippen LogP contribution < -0.4 is 5.59 Å². The molecule has 0 spiro atoms. The van der Waals surface area contributed by atoms with Crippen LogP contribution in [-0.2, 0) is 9.63 Å². The van der Waals surface area contributed by atoms with Crippen LogP contribution in [0.3, 0.4) is 0 Å². The van der Waals surface area contributed by atoms with Crippen LogP contribution in [0.5, 0.6) is 0 Å². The zero-order chi connectivity index (χ0) is 13.4. The second-order valence-corrected chi connectivity index (χ2v) is 4.01. The quantitative estimate of drug-likeness (QED) is 0.407. The van der Waals surface area contributed by atoms with Gasteiger partial charge in [-0.1, -0.05) is 5.59 Å². The molecule has 0 atom stereocenters. The molecule has 0 amide bonds. The van der Waals surface area contributed by atoms with Gasteiger partial charge in [-0.3, -0.25) is 10.0 Å². The number of allylic oxidation sites excluding steroid dienone is 5.